The predicted octanol–water partition coefficient (Wildman–Crippen LogP) is 7.12. The lowest BCUT2D eigenvalue weighted by Gasteiger charge is -2.26. The van der Waals surface area contributed by atoms with Gasteiger partial charge in [0.25, 0.3) is 11.8 Å². The number of ether oxygens (including phenoxy) is 3. The summed E-state index contributed by atoms with van der Waals surface area (Å²) >= 11 is 3.49. The number of barbiturate groups is 1. The average molecular weight is 660 g/mol. The number of amides is 4. The third kappa shape index (κ3) is 7.15. The molecule has 10 heteroatoms. The summed E-state index contributed by atoms with van der Waals surface area (Å²) in [5.74, 6) is -0.615. The van der Waals surface area contributed by atoms with Gasteiger partial charge in [0.1, 0.15) is 30.4 Å². The fourth-order valence-corrected chi connectivity index (χ4v) is 4.99. The van der Waals surface area contributed by atoms with Crippen molar-refractivity contribution < 1.29 is 33.0 Å². The van der Waals surface area contributed by atoms with Gasteiger partial charge in [0.15, 0.2) is 11.5 Å². The zero-order valence-corrected chi connectivity index (χ0v) is 25.5. The number of anilines is 1. The van der Waals surface area contributed by atoms with E-state index < -0.39 is 17.8 Å². The molecule has 0 radical (unpaired) electrons. The van der Waals surface area contributed by atoms with Crippen molar-refractivity contribution in [2.45, 2.75) is 27.1 Å². The number of rotatable bonds is 10. The lowest BCUT2D eigenvalue weighted by atomic mass is 10.1. The summed E-state index contributed by atoms with van der Waals surface area (Å²) in [6.45, 7) is 4.67. The first-order valence-electron chi connectivity index (χ1n) is 13.7. The van der Waals surface area contributed by atoms with E-state index in [0.29, 0.717) is 40.5 Å². The van der Waals surface area contributed by atoms with E-state index in [9.17, 15) is 18.8 Å². The first-order valence-corrected chi connectivity index (χ1v) is 14.5. The summed E-state index contributed by atoms with van der Waals surface area (Å²) in [5, 5.41) is 2.24. The van der Waals surface area contributed by atoms with E-state index in [4.69, 9.17) is 14.2 Å². The van der Waals surface area contributed by atoms with E-state index >= 15 is 0 Å². The number of halogens is 2. The Morgan fingerprint density at radius 2 is 1.48 bits per heavy atom. The molecule has 0 aromatic heterocycles. The Morgan fingerprint density at radius 3 is 2.14 bits per heavy atom. The van der Waals surface area contributed by atoms with Crippen LogP contribution in [0.5, 0.6) is 17.2 Å². The number of carbonyl (C=O) groups is 3. The Bertz CT molecular complexity index is 1720. The maximum absolute atomic E-state index is 13.5. The first-order chi connectivity index (χ1) is 21.2. The predicted molar refractivity (Wildman–Crippen MR) is 167 cm³/mol. The van der Waals surface area contributed by atoms with Crippen LogP contribution in [0, 0.1) is 12.7 Å². The molecule has 0 unspecified atom stereocenters. The number of carbonyl (C=O) groups excluding carboxylic acids is 3. The van der Waals surface area contributed by atoms with Crippen molar-refractivity contribution in [3.8, 4) is 17.2 Å². The minimum absolute atomic E-state index is 0.160. The molecule has 8 nitrogen and oxygen atoms in total. The molecule has 44 heavy (non-hydrogen) atoms. The van der Waals surface area contributed by atoms with E-state index in [2.05, 4.69) is 21.2 Å². The zero-order valence-electron chi connectivity index (χ0n) is 23.9. The van der Waals surface area contributed by atoms with Gasteiger partial charge in [-0.2, -0.15) is 0 Å². The van der Waals surface area contributed by atoms with E-state index in [1.807, 2.05) is 38.1 Å². The summed E-state index contributed by atoms with van der Waals surface area (Å²) in [6, 6.07) is 22.8. The van der Waals surface area contributed by atoms with Gasteiger partial charge in [-0.1, -0.05) is 42.0 Å². The molecule has 4 aromatic carbocycles. The summed E-state index contributed by atoms with van der Waals surface area (Å²) in [7, 11) is 0. The van der Waals surface area contributed by atoms with E-state index in [-0.39, 0.29) is 23.7 Å². The number of aryl methyl sites for hydroxylation is 1. The Labute approximate surface area is 262 Å². The molecule has 1 saturated heterocycles. The van der Waals surface area contributed by atoms with Crippen LogP contribution in [0.1, 0.15) is 29.2 Å². The lowest BCUT2D eigenvalue weighted by Crippen LogP contribution is -2.54. The minimum Gasteiger partial charge on any atom is -0.490 e. The number of benzene rings is 4. The topological polar surface area (TPSA) is 94.2 Å². The highest BCUT2D eigenvalue weighted by Gasteiger charge is 2.37. The standard InChI is InChI=1S/C34H28BrFN2O6/c1-3-42-30-18-24(17-29(35)31(30)44-20-23-8-10-25(36)11-9-23)16-28-32(39)37-34(41)38(33(28)40)26-12-14-27(15-13-26)43-19-22-6-4-21(2)5-7-22/h4-18H,3,19-20H2,1-2H3,(H,37,39,41)/b28-16+. The second-order valence-electron chi connectivity index (χ2n) is 9.90. The first kappa shape index (κ1) is 30.5. The van der Waals surface area contributed by atoms with Gasteiger partial charge in [-0.3, -0.25) is 14.9 Å². The average Bonchev–Trinajstić information content (AvgIpc) is 3.00. The largest absolute Gasteiger partial charge is 0.490 e. The number of hydrogen-bond acceptors (Lipinski definition) is 6. The molecule has 224 valence electrons. The van der Waals surface area contributed by atoms with Crippen molar-refractivity contribution in [2.24, 2.45) is 0 Å². The third-order valence-electron chi connectivity index (χ3n) is 6.66. The number of imide groups is 2. The summed E-state index contributed by atoms with van der Waals surface area (Å²) in [4.78, 5) is 39.9. The molecule has 1 N–H and O–H groups in total. The highest BCUT2D eigenvalue weighted by atomic mass is 79.9. The Kier molecular flexibility index (Phi) is 9.40. The summed E-state index contributed by atoms with van der Waals surface area (Å²) < 4.78 is 31.3. The van der Waals surface area contributed by atoms with E-state index in [1.165, 1.54) is 18.2 Å². The minimum atomic E-state index is -0.855. The molecule has 1 fully saturated rings. The lowest BCUT2D eigenvalue weighted by molar-refractivity contribution is -0.122. The van der Waals surface area contributed by atoms with Crippen molar-refractivity contribution in [1.82, 2.24) is 5.32 Å². The van der Waals surface area contributed by atoms with Crippen molar-refractivity contribution in [1.29, 1.82) is 0 Å². The van der Waals surface area contributed by atoms with Crippen LogP contribution < -0.4 is 24.4 Å². The molecular formula is C34H28BrFN2O6. The Morgan fingerprint density at radius 1 is 0.841 bits per heavy atom. The number of hydrogen-bond donors (Lipinski definition) is 1. The molecule has 0 saturated carbocycles. The van der Waals surface area contributed by atoms with Crippen LogP contribution in [-0.4, -0.2) is 24.5 Å². The Balaban J connectivity index is 1.35. The second-order valence-corrected chi connectivity index (χ2v) is 10.8. The van der Waals surface area contributed by atoms with Crippen LogP contribution in [0.4, 0.5) is 14.9 Å². The van der Waals surface area contributed by atoms with Crippen LogP contribution in [0.2, 0.25) is 0 Å². The van der Waals surface area contributed by atoms with Gasteiger partial charge in [0.2, 0.25) is 0 Å². The SMILES string of the molecule is CCOc1cc(/C=C2\C(=O)NC(=O)N(c3ccc(OCc4ccc(C)cc4)cc3)C2=O)cc(Br)c1OCc1ccc(F)cc1. The summed E-state index contributed by atoms with van der Waals surface area (Å²) in [5.41, 5.74) is 3.41. The highest BCUT2D eigenvalue weighted by Crippen LogP contribution is 2.38. The molecule has 0 atom stereocenters. The second kappa shape index (κ2) is 13.6. The van der Waals surface area contributed by atoms with E-state index in [1.54, 1.807) is 48.5 Å². The molecule has 4 amide bonds. The van der Waals surface area contributed by atoms with Crippen LogP contribution in [-0.2, 0) is 22.8 Å². The number of nitrogens with one attached hydrogen (secondary N) is 1. The molecule has 4 aromatic rings. The smallest absolute Gasteiger partial charge is 0.335 e. The van der Waals surface area contributed by atoms with Gasteiger partial charge in [-0.25, -0.2) is 14.1 Å². The van der Waals surface area contributed by atoms with Crippen molar-refractivity contribution in [3.05, 3.63) is 123 Å². The fraction of sp³-hybridized carbons (Fsp3) is 0.147. The van der Waals surface area contributed by atoms with Crippen LogP contribution in [0.25, 0.3) is 6.08 Å². The van der Waals surface area contributed by atoms with E-state index in [0.717, 1.165) is 21.6 Å². The molecule has 1 aliphatic rings. The number of nitrogens with zero attached hydrogens (tertiary/aromatic N) is 1. The highest BCUT2D eigenvalue weighted by molar-refractivity contribution is 9.10. The maximum Gasteiger partial charge on any atom is 0.335 e. The quantitative estimate of drug-likeness (QED) is 0.144. The number of urea groups is 1. The van der Waals surface area contributed by atoms with Gasteiger partial charge < -0.3 is 14.2 Å². The molecule has 0 spiro atoms. The summed E-state index contributed by atoms with van der Waals surface area (Å²) in [6.07, 6.45) is 1.38. The van der Waals surface area contributed by atoms with Crippen LogP contribution in [0.15, 0.2) is 95.0 Å². The van der Waals surface area contributed by atoms with Gasteiger partial charge >= 0.3 is 6.03 Å². The maximum atomic E-state index is 13.5. The molecule has 0 aliphatic carbocycles. The normalized spacial score (nSPS) is 14.0. The van der Waals surface area contributed by atoms with Gasteiger partial charge in [-0.15, -0.1) is 0 Å². The van der Waals surface area contributed by atoms with Crippen molar-refractivity contribution in [3.63, 3.8) is 0 Å². The van der Waals surface area contributed by atoms with Crippen molar-refractivity contribution >= 4 is 45.5 Å². The third-order valence-corrected chi connectivity index (χ3v) is 7.25. The molecular weight excluding hydrogens is 631 g/mol. The van der Waals surface area contributed by atoms with Crippen molar-refractivity contribution in [2.75, 3.05) is 11.5 Å². The molecule has 1 aliphatic heterocycles. The fourth-order valence-electron chi connectivity index (χ4n) is 4.41. The van der Waals surface area contributed by atoms with Gasteiger partial charge in [-0.05, 0) is 101 Å². The molecule has 0 bridgehead atoms. The molecule has 1 heterocycles. The molecule has 5 rings (SSSR count). The Hall–Kier alpha value is -4.96. The monoisotopic (exact) mass is 658 g/mol. The van der Waals surface area contributed by atoms with Crippen LogP contribution >= 0.6 is 15.9 Å². The van der Waals surface area contributed by atoms with Gasteiger partial charge in [0, 0.05) is 0 Å². The van der Waals surface area contributed by atoms with Crippen LogP contribution in [0.3, 0.4) is 0 Å². The van der Waals surface area contributed by atoms with Gasteiger partial charge in [0.05, 0.1) is 16.8 Å². The zero-order chi connectivity index (χ0) is 31.2.